The SMILES string of the molecule is O=C(COc1ccc(Cl)c(F)c1)NC12CCC(C(=O)NCc3ccc(Cl)cn3)(CC1)CC2. The molecule has 3 aliphatic rings. The molecule has 1 aromatic heterocycles. The summed E-state index contributed by atoms with van der Waals surface area (Å²) >= 11 is 11.5. The third kappa shape index (κ3) is 4.99. The van der Waals surface area contributed by atoms with E-state index in [9.17, 15) is 14.0 Å². The number of benzene rings is 1. The molecule has 2 amide bonds. The first-order valence-corrected chi connectivity index (χ1v) is 11.3. The fourth-order valence-corrected chi connectivity index (χ4v) is 4.86. The Labute approximate surface area is 195 Å². The van der Waals surface area contributed by atoms with Crippen molar-refractivity contribution in [3.8, 4) is 5.75 Å². The van der Waals surface area contributed by atoms with Crippen molar-refractivity contribution < 1.29 is 18.7 Å². The Bertz CT molecular complexity index is 992. The quantitative estimate of drug-likeness (QED) is 0.615. The van der Waals surface area contributed by atoms with Crippen molar-refractivity contribution in [2.75, 3.05) is 6.61 Å². The molecule has 3 aliphatic carbocycles. The third-order valence-electron chi connectivity index (χ3n) is 6.61. The number of pyridine rings is 1. The van der Waals surface area contributed by atoms with Crippen molar-refractivity contribution in [3.63, 3.8) is 0 Å². The summed E-state index contributed by atoms with van der Waals surface area (Å²) in [5.41, 5.74) is 0.0507. The van der Waals surface area contributed by atoms with E-state index in [2.05, 4.69) is 15.6 Å². The molecule has 0 saturated heterocycles. The van der Waals surface area contributed by atoms with Gasteiger partial charge in [-0.3, -0.25) is 14.6 Å². The Morgan fingerprint density at radius 1 is 1.06 bits per heavy atom. The Kier molecular flexibility index (Phi) is 6.58. The van der Waals surface area contributed by atoms with E-state index >= 15 is 0 Å². The molecule has 1 aromatic carbocycles. The molecule has 5 rings (SSSR count). The number of hydrogen-bond donors (Lipinski definition) is 2. The monoisotopic (exact) mass is 479 g/mol. The van der Waals surface area contributed by atoms with E-state index in [-0.39, 0.29) is 34.7 Å². The molecule has 2 aromatic rings. The van der Waals surface area contributed by atoms with Crippen LogP contribution in [-0.2, 0) is 16.1 Å². The number of rotatable bonds is 7. The molecule has 0 aliphatic heterocycles. The Morgan fingerprint density at radius 2 is 1.78 bits per heavy atom. The molecule has 6 nitrogen and oxygen atoms in total. The third-order valence-corrected chi connectivity index (χ3v) is 7.14. The molecular formula is C23H24Cl2FN3O3. The summed E-state index contributed by atoms with van der Waals surface area (Å²) in [6.07, 6.45) is 5.93. The number of ether oxygens (including phenoxy) is 1. The molecule has 2 bridgehead atoms. The highest BCUT2D eigenvalue weighted by atomic mass is 35.5. The molecule has 0 unspecified atom stereocenters. The summed E-state index contributed by atoms with van der Waals surface area (Å²) in [5.74, 6) is -0.558. The number of carbonyl (C=O) groups is 2. The first kappa shape index (κ1) is 22.8. The van der Waals surface area contributed by atoms with E-state index in [1.807, 2.05) is 0 Å². The summed E-state index contributed by atoms with van der Waals surface area (Å²) in [7, 11) is 0. The maximum atomic E-state index is 13.5. The van der Waals surface area contributed by atoms with Gasteiger partial charge in [-0.2, -0.15) is 0 Å². The minimum Gasteiger partial charge on any atom is -0.484 e. The van der Waals surface area contributed by atoms with E-state index < -0.39 is 11.2 Å². The van der Waals surface area contributed by atoms with Crippen LogP contribution in [0.5, 0.6) is 5.75 Å². The van der Waals surface area contributed by atoms with Crippen molar-refractivity contribution in [3.05, 3.63) is 58.1 Å². The van der Waals surface area contributed by atoms with E-state index in [1.54, 1.807) is 18.3 Å². The van der Waals surface area contributed by atoms with Crippen molar-refractivity contribution in [1.82, 2.24) is 15.6 Å². The van der Waals surface area contributed by atoms with Gasteiger partial charge in [-0.25, -0.2) is 4.39 Å². The highest BCUT2D eigenvalue weighted by Crippen LogP contribution is 2.52. The summed E-state index contributed by atoms with van der Waals surface area (Å²) in [5, 5.41) is 6.67. The van der Waals surface area contributed by atoms with Crippen molar-refractivity contribution in [2.45, 2.75) is 50.6 Å². The Hall–Kier alpha value is -2.38. The lowest BCUT2D eigenvalue weighted by atomic mass is 9.57. The zero-order valence-electron chi connectivity index (χ0n) is 17.4. The van der Waals surface area contributed by atoms with Gasteiger partial charge in [-0.15, -0.1) is 0 Å². The lowest BCUT2D eigenvalue weighted by molar-refractivity contribution is -0.140. The zero-order chi connectivity index (χ0) is 22.8. The van der Waals surface area contributed by atoms with Gasteiger partial charge < -0.3 is 15.4 Å². The second-order valence-electron chi connectivity index (χ2n) is 8.62. The summed E-state index contributed by atoms with van der Waals surface area (Å²) in [6.45, 7) is 0.158. The van der Waals surface area contributed by atoms with Gasteiger partial charge in [0.05, 0.1) is 22.3 Å². The molecule has 170 valence electrons. The van der Waals surface area contributed by atoms with Crippen LogP contribution in [0.25, 0.3) is 0 Å². The largest absolute Gasteiger partial charge is 0.484 e. The second kappa shape index (κ2) is 9.24. The summed E-state index contributed by atoms with van der Waals surface area (Å²) < 4.78 is 18.9. The summed E-state index contributed by atoms with van der Waals surface area (Å²) in [6, 6.07) is 7.61. The maximum Gasteiger partial charge on any atom is 0.258 e. The average molecular weight is 480 g/mol. The van der Waals surface area contributed by atoms with E-state index in [0.717, 1.165) is 50.3 Å². The second-order valence-corrected chi connectivity index (χ2v) is 9.47. The molecule has 9 heteroatoms. The number of nitrogens with zero attached hydrogens (tertiary/aromatic N) is 1. The first-order chi connectivity index (χ1) is 15.3. The number of hydrogen-bond acceptors (Lipinski definition) is 4. The zero-order valence-corrected chi connectivity index (χ0v) is 18.9. The first-order valence-electron chi connectivity index (χ1n) is 10.6. The molecule has 0 radical (unpaired) electrons. The van der Waals surface area contributed by atoms with Crippen LogP contribution in [0.1, 0.15) is 44.2 Å². The predicted octanol–water partition coefficient (Wildman–Crippen LogP) is 4.43. The van der Waals surface area contributed by atoms with Gasteiger partial charge >= 0.3 is 0 Å². The number of carbonyl (C=O) groups excluding carboxylic acids is 2. The van der Waals surface area contributed by atoms with Gasteiger partial charge in [-0.05, 0) is 62.8 Å². The van der Waals surface area contributed by atoms with Gasteiger partial charge in [0.25, 0.3) is 5.91 Å². The van der Waals surface area contributed by atoms with Crippen LogP contribution >= 0.6 is 23.2 Å². The molecule has 1 heterocycles. The molecule has 0 spiro atoms. The van der Waals surface area contributed by atoms with Gasteiger partial charge in [0.1, 0.15) is 11.6 Å². The fraction of sp³-hybridized carbons (Fsp3) is 0.435. The van der Waals surface area contributed by atoms with Crippen LogP contribution in [-0.4, -0.2) is 28.9 Å². The summed E-state index contributed by atoms with van der Waals surface area (Å²) in [4.78, 5) is 29.6. The van der Waals surface area contributed by atoms with Gasteiger partial charge in [-0.1, -0.05) is 23.2 Å². The number of fused-ring (bicyclic) bond motifs is 3. The lowest BCUT2D eigenvalue weighted by Crippen LogP contribution is -2.60. The highest BCUT2D eigenvalue weighted by Gasteiger charge is 2.52. The minimum atomic E-state index is -0.593. The number of halogens is 3. The van der Waals surface area contributed by atoms with Crippen molar-refractivity contribution in [1.29, 1.82) is 0 Å². The maximum absolute atomic E-state index is 13.5. The van der Waals surface area contributed by atoms with E-state index in [4.69, 9.17) is 27.9 Å². The highest BCUT2D eigenvalue weighted by molar-refractivity contribution is 6.30. The van der Waals surface area contributed by atoms with E-state index in [1.165, 1.54) is 12.1 Å². The van der Waals surface area contributed by atoms with Gasteiger partial charge in [0.15, 0.2) is 6.61 Å². The average Bonchev–Trinajstić information content (AvgIpc) is 2.80. The normalized spacial score (nSPS) is 24.1. The van der Waals surface area contributed by atoms with Crippen LogP contribution in [0.3, 0.4) is 0 Å². The molecule has 32 heavy (non-hydrogen) atoms. The molecule has 3 fully saturated rings. The van der Waals surface area contributed by atoms with Crippen LogP contribution < -0.4 is 15.4 Å². The topological polar surface area (TPSA) is 80.3 Å². The predicted molar refractivity (Wildman–Crippen MR) is 119 cm³/mol. The number of amides is 2. The molecular weight excluding hydrogens is 456 g/mol. The number of aromatic nitrogens is 1. The Balaban J connectivity index is 1.27. The van der Waals surface area contributed by atoms with Crippen LogP contribution in [0.2, 0.25) is 10.0 Å². The van der Waals surface area contributed by atoms with Crippen LogP contribution in [0.4, 0.5) is 4.39 Å². The number of nitrogens with one attached hydrogen (secondary N) is 2. The molecule has 3 saturated carbocycles. The Morgan fingerprint density at radius 3 is 2.41 bits per heavy atom. The van der Waals surface area contributed by atoms with Gasteiger partial charge in [0.2, 0.25) is 5.91 Å². The smallest absolute Gasteiger partial charge is 0.258 e. The van der Waals surface area contributed by atoms with Crippen molar-refractivity contribution in [2.24, 2.45) is 5.41 Å². The van der Waals surface area contributed by atoms with Crippen molar-refractivity contribution >= 4 is 35.0 Å². The molecule has 0 atom stereocenters. The standard InChI is InChI=1S/C23H24Cl2FN3O3/c24-15-1-2-16(27-12-15)13-28-21(31)22-5-8-23(9-6-22,10-7-22)29-20(30)14-32-17-3-4-18(25)19(26)11-17/h1-4,11-12H,5-10,13-14H2,(H,28,31)(H,29,30). The van der Waals surface area contributed by atoms with Crippen LogP contribution in [0, 0.1) is 11.2 Å². The van der Waals surface area contributed by atoms with Gasteiger partial charge in [0, 0.05) is 23.2 Å². The fourth-order valence-electron chi connectivity index (χ4n) is 4.63. The molecule has 2 N–H and O–H groups in total. The minimum absolute atomic E-state index is 0.00190. The lowest BCUT2D eigenvalue weighted by Gasteiger charge is -2.52. The van der Waals surface area contributed by atoms with Crippen LogP contribution in [0.15, 0.2) is 36.5 Å². The van der Waals surface area contributed by atoms with E-state index in [0.29, 0.717) is 11.6 Å².